The van der Waals surface area contributed by atoms with Gasteiger partial charge in [-0.3, -0.25) is 0 Å². The van der Waals surface area contributed by atoms with E-state index in [1.54, 1.807) is 0 Å². The lowest BCUT2D eigenvalue weighted by molar-refractivity contribution is 0.0547. The largest absolute Gasteiger partial charge is 0.344 e. The molecule has 1 aliphatic heterocycles. The standard InChI is InChI=1S/C9H19N.H3N/c1-8-6-5-7-10(4)9(8,2)3;/h8H,5-7H2,1-4H3;1H3. The number of rotatable bonds is 0. The van der Waals surface area contributed by atoms with Crippen LogP contribution in [0.25, 0.3) is 0 Å². The Kier molecular flexibility index (Phi) is 3.52. The van der Waals surface area contributed by atoms with E-state index in [0.717, 1.165) is 5.92 Å². The lowest BCUT2D eigenvalue weighted by Gasteiger charge is -2.44. The molecule has 0 amide bonds. The SMILES string of the molecule is CC1CCCN(C)C1(C)C.N. The van der Waals surface area contributed by atoms with Crippen LogP contribution in [0, 0.1) is 5.92 Å². The molecule has 1 saturated heterocycles. The molecule has 1 atom stereocenters. The Morgan fingerprint density at radius 3 is 2.27 bits per heavy atom. The van der Waals surface area contributed by atoms with Crippen molar-refractivity contribution in [3.63, 3.8) is 0 Å². The second-order valence-corrected chi connectivity index (χ2v) is 4.12. The molecule has 0 bridgehead atoms. The second-order valence-electron chi connectivity index (χ2n) is 4.12. The molecule has 1 unspecified atom stereocenters. The van der Waals surface area contributed by atoms with E-state index < -0.39 is 0 Å². The van der Waals surface area contributed by atoms with E-state index in [-0.39, 0.29) is 6.15 Å². The van der Waals surface area contributed by atoms with Gasteiger partial charge in [0.2, 0.25) is 0 Å². The molecule has 1 fully saturated rings. The van der Waals surface area contributed by atoms with Crippen LogP contribution >= 0.6 is 0 Å². The lowest BCUT2D eigenvalue weighted by Crippen LogP contribution is -2.49. The molecule has 3 N–H and O–H groups in total. The molecular formula is C9H22N2. The summed E-state index contributed by atoms with van der Waals surface area (Å²) in [6.45, 7) is 8.32. The molecule has 0 saturated carbocycles. The van der Waals surface area contributed by atoms with Gasteiger partial charge in [0.1, 0.15) is 0 Å². The molecule has 0 aromatic rings. The summed E-state index contributed by atoms with van der Waals surface area (Å²) in [4.78, 5) is 2.47. The molecule has 11 heavy (non-hydrogen) atoms. The maximum atomic E-state index is 2.47. The molecule has 1 aliphatic rings. The number of likely N-dealkylation sites (tertiary alicyclic amines) is 1. The van der Waals surface area contributed by atoms with Crippen LogP contribution in [0.5, 0.6) is 0 Å². The van der Waals surface area contributed by atoms with Crippen LogP contribution in [0.15, 0.2) is 0 Å². The first-order chi connectivity index (χ1) is 4.55. The minimum Gasteiger partial charge on any atom is -0.344 e. The summed E-state index contributed by atoms with van der Waals surface area (Å²) >= 11 is 0. The van der Waals surface area contributed by atoms with Crippen molar-refractivity contribution in [3.05, 3.63) is 0 Å². The van der Waals surface area contributed by atoms with Crippen LogP contribution in [-0.4, -0.2) is 24.0 Å². The fourth-order valence-corrected chi connectivity index (χ4v) is 1.65. The molecular weight excluding hydrogens is 136 g/mol. The van der Waals surface area contributed by atoms with Gasteiger partial charge in [0.05, 0.1) is 0 Å². The summed E-state index contributed by atoms with van der Waals surface area (Å²) in [5.41, 5.74) is 0.429. The monoisotopic (exact) mass is 158 g/mol. The summed E-state index contributed by atoms with van der Waals surface area (Å²) in [7, 11) is 2.23. The van der Waals surface area contributed by atoms with Crippen molar-refractivity contribution >= 4 is 0 Å². The Morgan fingerprint density at radius 2 is 1.91 bits per heavy atom. The van der Waals surface area contributed by atoms with Crippen LogP contribution in [0.4, 0.5) is 0 Å². The first-order valence-electron chi connectivity index (χ1n) is 4.26. The number of hydrogen-bond donors (Lipinski definition) is 1. The highest BCUT2D eigenvalue weighted by molar-refractivity contribution is 4.88. The quantitative estimate of drug-likeness (QED) is 0.587. The third-order valence-electron chi connectivity index (χ3n) is 3.32. The Labute approximate surface area is 70.5 Å². The molecule has 68 valence electrons. The van der Waals surface area contributed by atoms with Crippen molar-refractivity contribution in [3.8, 4) is 0 Å². The molecule has 2 nitrogen and oxygen atoms in total. The molecule has 0 spiro atoms. The summed E-state index contributed by atoms with van der Waals surface area (Å²) < 4.78 is 0. The number of piperidine rings is 1. The second kappa shape index (κ2) is 3.55. The summed E-state index contributed by atoms with van der Waals surface area (Å²) in [5, 5.41) is 0. The van der Waals surface area contributed by atoms with E-state index in [9.17, 15) is 0 Å². The number of nitrogens with zero attached hydrogens (tertiary/aromatic N) is 1. The van der Waals surface area contributed by atoms with Gasteiger partial charge in [-0.2, -0.15) is 0 Å². The van der Waals surface area contributed by atoms with Crippen LogP contribution in [0.2, 0.25) is 0 Å². The van der Waals surface area contributed by atoms with E-state index >= 15 is 0 Å². The Balaban J connectivity index is 0.000001000. The maximum Gasteiger partial charge on any atom is 0.0175 e. The van der Waals surface area contributed by atoms with Crippen LogP contribution in [0.1, 0.15) is 33.6 Å². The molecule has 1 rings (SSSR count). The molecule has 0 aliphatic carbocycles. The number of hydrogen-bond acceptors (Lipinski definition) is 2. The zero-order valence-electron chi connectivity index (χ0n) is 8.35. The third-order valence-corrected chi connectivity index (χ3v) is 3.32. The minimum absolute atomic E-state index is 0. The van der Waals surface area contributed by atoms with Gasteiger partial charge in [-0.15, -0.1) is 0 Å². The van der Waals surface area contributed by atoms with Gasteiger partial charge in [0, 0.05) is 5.54 Å². The van der Waals surface area contributed by atoms with E-state index in [1.807, 2.05) is 0 Å². The van der Waals surface area contributed by atoms with Gasteiger partial charge in [-0.1, -0.05) is 6.92 Å². The summed E-state index contributed by atoms with van der Waals surface area (Å²) in [6, 6.07) is 0. The fourth-order valence-electron chi connectivity index (χ4n) is 1.65. The first-order valence-corrected chi connectivity index (χ1v) is 4.26. The molecule has 0 aromatic carbocycles. The average molecular weight is 158 g/mol. The zero-order chi connectivity index (χ0) is 7.78. The predicted octanol–water partition coefficient (Wildman–Crippen LogP) is 2.29. The van der Waals surface area contributed by atoms with Gasteiger partial charge in [-0.05, 0) is 46.2 Å². The highest BCUT2D eigenvalue weighted by atomic mass is 15.2. The predicted molar refractivity (Wildman–Crippen MR) is 50.1 cm³/mol. The van der Waals surface area contributed by atoms with Gasteiger partial charge in [-0.25, -0.2) is 0 Å². The van der Waals surface area contributed by atoms with Crippen molar-refractivity contribution < 1.29 is 0 Å². The smallest absolute Gasteiger partial charge is 0.0175 e. The highest BCUT2D eigenvalue weighted by Gasteiger charge is 2.32. The van der Waals surface area contributed by atoms with Gasteiger partial charge in [0.25, 0.3) is 0 Å². The summed E-state index contributed by atoms with van der Waals surface area (Å²) in [6.07, 6.45) is 2.78. The van der Waals surface area contributed by atoms with Gasteiger partial charge < -0.3 is 11.1 Å². The maximum absolute atomic E-state index is 2.47. The average Bonchev–Trinajstić information content (AvgIpc) is 1.84. The minimum atomic E-state index is 0. The Bertz CT molecular complexity index is 109. The van der Waals surface area contributed by atoms with Crippen molar-refractivity contribution in [2.45, 2.75) is 39.2 Å². The van der Waals surface area contributed by atoms with E-state index in [2.05, 4.69) is 32.7 Å². The van der Waals surface area contributed by atoms with Gasteiger partial charge >= 0.3 is 0 Å². The molecule has 1 heterocycles. The van der Waals surface area contributed by atoms with E-state index in [0.29, 0.717) is 5.54 Å². The summed E-state index contributed by atoms with van der Waals surface area (Å²) in [5.74, 6) is 0.853. The molecule has 0 radical (unpaired) electrons. The Hall–Kier alpha value is -0.0800. The van der Waals surface area contributed by atoms with Crippen LogP contribution < -0.4 is 6.15 Å². The normalized spacial score (nSPS) is 31.1. The first kappa shape index (κ1) is 10.9. The van der Waals surface area contributed by atoms with E-state index in [4.69, 9.17) is 0 Å². The van der Waals surface area contributed by atoms with Crippen molar-refractivity contribution in [1.82, 2.24) is 11.1 Å². The Morgan fingerprint density at radius 1 is 1.36 bits per heavy atom. The lowest BCUT2D eigenvalue weighted by atomic mass is 9.81. The fraction of sp³-hybridized carbons (Fsp3) is 1.00. The van der Waals surface area contributed by atoms with Crippen LogP contribution in [0.3, 0.4) is 0 Å². The van der Waals surface area contributed by atoms with Crippen molar-refractivity contribution in [2.24, 2.45) is 5.92 Å². The molecule has 0 aromatic heterocycles. The highest BCUT2D eigenvalue weighted by Crippen LogP contribution is 2.30. The van der Waals surface area contributed by atoms with E-state index in [1.165, 1.54) is 19.4 Å². The molecule has 2 heteroatoms. The zero-order valence-corrected chi connectivity index (χ0v) is 8.35. The topological polar surface area (TPSA) is 38.2 Å². The van der Waals surface area contributed by atoms with Crippen molar-refractivity contribution in [2.75, 3.05) is 13.6 Å². The van der Waals surface area contributed by atoms with Gasteiger partial charge in [0.15, 0.2) is 0 Å². The van der Waals surface area contributed by atoms with Crippen molar-refractivity contribution in [1.29, 1.82) is 0 Å². The third kappa shape index (κ3) is 1.94. The van der Waals surface area contributed by atoms with Crippen LogP contribution in [-0.2, 0) is 0 Å².